The minimum Gasteiger partial charge on any atom is -0.208 e. The third-order valence-corrected chi connectivity index (χ3v) is 5.80. The highest BCUT2D eigenvalue weighted by atomic mass is 32.2. The highest BCUT2D eigenvalue weighted by Gasteiger charge is 2.25. The third kappa shape index (κ3) is 3.57. The van der Waals surface area contributed by atoms with Crippen LogP contribution < -0.4 is 4.72 Å². The zero-order valence-corrected chi connectivity index (χ0v) is 12.5. The van der Waals surface area contributed by atoms with E-state index in [0.29, 0.717) is 10.8 Å². The van der Waals surface area contributed by atoms with Crippen molar-refractivity contribution in [3.05, 3.63) is 29.8 Å². The van der Waals surface area contributed by atoms with Gasteiger partial charge in [-0.2, -0.15) is 0 Å². The van der Waals surface area contributed by atoms with Crippen LogP contribution in [0, 0.1) is 12.8 Å². The fraction of sp³-hybridized carbons (Fsp3) is 0.600. The highest BCUT2D eigenvalue weighted by molar-refractivity contribution is 7.89. The molecule has 0 unspecified atom stereocenters. The molecule has 0 saturated heterocycles. The van der Waals surface area contributed by atoms with Crippen molar-refractivity contribution < 1.29 is 8.42 Å². The normalized spacial score (nSPS) is 19.3. The summed E-state index contributed by atoms with van der Waals surface area (Å²) < 4.78 is 27.6. The fourth-order valence-electron chi connectivity index (χ4n) is 2.90. The zero-order valence-electron chi connectivity index (χ0n) is 11.7. The summed E-state index contributed by atoms with van der Waals surface area (Å²) in [5.74, 6) is 0.479. The van der Waals surface area contributed by atoms with Crippen molar-refractivity contribution >= 4 is 10.0 Å². The average Bonchev–Trinajstić information content (AvgIpc) is 2.39. The molecule has 1 aromatic rings. The number of sulfonamides is 1. The molecule has 1 aliphatic carbocycles. The summed E-state index contributed by atoms with van der Waals surface area (Å²) in [5, 5.41) is 0. The number of nitrogens with one attached hydrogen (secondary N) is 1. The molecule has 3 nitrogen and oxygen atoms in total. The van der Waals surface area contributed by atoms with Gasteiger partial charge in [0.1, 0.15) is 0 Å². The molecule has 19 heavy (non-hydrogen) atoms. The Morgan fingerprint density at radius 2 is 1.79 bits per heavy atom. The summed E-state index contributed by atoms with van der Waals surface area (Å²) in [4.78, 5) is 0.401. The standard InChI is InChI=1S/C15H23NO2S/c1-12-8-6-7-11-15(12)19(17,18)16-13(2)14-9-4-3-5-10-14/h6-8,11,13-14,16H,3-5,9-10H2,1-2H3/t13-/m1/s1. The van der Waals surface area contributed by atoms with Crippen LogP contribution in [0.15, 0.2) is 29.2 Å². The van der Waals surface area contributed by atoms with Gasteiger partial charge in [-0.15, -0.1) is 0 Å². The summed E-state index contributed by atoms with van der Waals surface area (Å²) in [5.41, 5.74) is 0.797. The molecule has 0 spiro atoms. The number of hydrogen-bond donors (Lipinski definition) is 1. The van der Waals surface area contributed by atoms with Crippen LogP contribution in [-0.2, 0) is 10.0 Å². The van der Waals surface area contributed by atoms with Crippen molar-refractivity contribution in [2.45, 2.75) is 56.9 Å². The summed E-state index contributed by atoms with van der Waals surface area (Å²) in [6.45, 7) is 3.83. The van der Waals surface area contributed by atoms with Gasteiger partial charge in [0, 0.05) is 6.04 Å². The van der Waals surface area contributed by atoms with Gasteiger partial charge in [-0.25, -0.2) is 13.1 Å². The molecule has 1 N–H and O–H groups in total. The van der Waals surface area contributed by atoms with Gasteiger partial charge >= 0.3 is 0 Å². The molecular weight excluding hydrogens is 258 g/mol. The lowest BCUT2D eigenvalue weighted by Gasteiger charge is -2.28. The van der Waals surface area contributed by atoms with E-state index in [0.717, 1.165) is 18.4 Å². The molecule has 106 valence electrons. The van der Waals surface area contributed by atoms with Crippen molar-refractivity contribution in [2.24, 2.45) is 5.92 Å². The van der Waals surface area contributed by atoms with Crippen LogP contribution >= 0.6 is 0 Å². The van der Waals surface area contributed by atoms with Crippen molar-refractivity contribution in [1.82, 2.24) is 4.72 Å². The number of hydrogen-bond acceptors (Lipinski definition) is 2. The largest absolute Gasteiger partial charge is 0.241 e. The first-order chi connectivity index (χ1) is 9.00. The smallest absolute Gasteiger partial charge is 0.208 e. The molecule has 0 radical (unpaired) electrons. The van der Waals surface area contributed by atoms with Crippen molar-refractivity contribution in [1.29, 1.82) is 0 Å². The van der Waals surface area contributed by atoms with E-state index in [-0.39, 0.29) is 6.04 Å². The maximum absolute atomic E-state index is 12.4. The van der Waals surface area contributed by atoms with Crippen LogP contribution in [0.3, 0.4) is 0 Å². The lowest BCUT2D eigenvalue weighted by Crippen LogP contribution is -2.39. The Balaban J connectivity index is 2.11. The van der Waals surface area contributed by atoms with E-state index < -0.39 is 10.0 Å². The number of rotatable bonds is 4. The van der Waals surface area contributed by atoms with Crippen molar-refractivity contribution in [3.63, 3.8) is 0 Å². The van der Waals surface area contributed by atoms with Gasteiger partial charge in [-0.3, -0.25) is 0 Å². The van der Waals surface area contributed by atoms with Gasteiger partial charge in [0.15, 0.2) is 0 Å². The predicted octanol–water partition coefficient (Wildman–Crippen LogP) is 3.24. The topological polar surface area (TPSA) is 46.2 Å². The molecule has 1 aliphatic rings. The Kier molecular flexibility index (Phi) is 4.63. The predicted molar refractivity (Wildman–Crippen MR) is 77.5 cm³/mol. The molecular formula is C15H23NO2S. The highest BCUT2D eigenvalue weighted by Crippen LogP contribution is 2.27. The summed E-state index contributed by atoms with van der Waals surface area (Å²) >= 11 is 0. The molecule has 1 atom stereocenters. The van der Waals surface area contributed by atoms with Crippen LogP contribution in [0.2, 0.25) is 0 Å². The summed E-state index contributed by atoms with van der Waals surface area (Å²) in [7, 11) is -3.39. The Bertz CT molecular complexity index is 519. The van der Waals surface area contributed by atoms with Gasteiger partial charge in [-0.05, 0) is 44.2 Å². The van der Waals surface area contributed by atoms with Crippen molar-refractivity contribution in [3.8, 4) is 0 Å². The van der Waals surface area contributed by atoms with Crippen LogP contribution in [0.25, 0.3) is 0 Å². The zero-order chi connectivity index (χ0) is 13.9. The van der Waals surface area contributed by atoms with E-state index >= 15 is 0 Å². The quantitative estimate of drug-likeness (QED) is 0.921. The molecule has 0 aromatic heterocycles. The molecule has 0 heterocycles. The number of benzene rings is 1. The van der Waals surface area contributed by atoms with E-state index in [1.807, 2.05) is 26.0 Å². The molecule has 4 heteroatoms. The van der Waals surface area contributed by atoms with Gasteiger partial charge in [0.05, 0.1) is 4.90 Å². The monoisotopic (exact) mass is 281 g/mol. The maximum atomic E-state index is 12.4. The SMILES string of the molecule is Cc1ccccc1S(=O)(=O)N[C@H](C)C1CCCCC1. The average molecular weight is 281 g/mol. The lowest BCUT2D eigenvalue weighted by molar-refractivity contribution is 0.303. The Morgan fingerprint density at radius 1 is 1.16 bits per heavy atom. The van der Waals surface area contributed by atoms with Crippen molar-refractivity contribution in [2.75, 3.05) is 0 Å². The van der Waals surface area contributed by atoms with Crippen LogP contribution in [0.4, 0.5) is 0 Å². The lowest BCUT2D eigenvalue weighted by atomic mass is 9.85. The summed E-state index contributed by atoms with van der Waals surface area (Å²) in [6, 6.07) is 7.15. The van der Waals surface area contributed by atoms with Crippen LogP contribution in [0.5, 0.6) is 0 Å². The van der Waals surface area contributed by atoms with Crippen LogP contribution in [0.1, 0.15) is 44.6 Å². The molecule has 0 aliphatic heterocycles. The van der Waals surface area contributed by atoms with E-state index in [2.05, 4.69) is 4.72 Å². The summed E-state index contributed by atoms with van der Waals surface area (Å²) in [6.07, 6.45) is 6.00. The second-order valence-corrected chi connectivity index (χ2v) is 7.26. The second-order valence-electron chi connectivity index (χ2n) is 5.57. The third-order valence-electron chi connectivity index (χ3n) is 4.08. The first-order valence-corrected chi connectivity index (χ1v) is 8.57. The van der Waals surface area contributed by atoms with E-state index in [9.17, 15) is 8.42 Å². The Hall–Kier alpha value is -0.870. The molecule has 0 amide bonds. The molecule has 2 rings (SSSR count). The molecule has 1 saturated carbocycles. The van der Waals surface area contributed by atoms with E-state index in [4.69, 9.17) is 0 Å². The first kappa shape index (κ1) is 14.5. The molecule has 1 fully saturated rings. The van der Waals surface area contributed by atoms with Gasteiger partial charge < -0.3 is 0 Å². The van der Waals surface area contributed by atoms with Gasteiger partial charge in [-0.1, -0.05) is 37.5 Å². The fourth-order valence-corrected chi connectivity index (χ4v) is 4.46. The minimum atomic E-state index is -3.39. The maximum Gasteiger partial charge on any atom is 0.241 e. The Labute approximate surface area is 116 Å². The van der Waals surface area contributed by atoms with E-state index in [1.54, 1.807) is 12.1 Å². The van der Waals surface area contributed by atoms with E-state index in [1.165, 1.54) is 19.3 Å². The van der Waals surface area contributed by atoms with Gasteiger partial charge in [0.25, 0.3) is 0 Å². The van der Waals surface area contributed by atoms with Gasteiger partial charge in [0.2, 0.25) is 10.0 Å². The second kappa shape index (κ2) is 6.06. The molecule has 1 aromatic carbocycles. The van der Waals surface area contributed by atoms with Crippen LogP contribution in [-0.4, -0.2) is 14.5 Å². The minimum absolute atomic E-state index is 0.0184. The molecule has 0 bridgehead atoms. The number of aryl methyl sites for hydroxylation is 1. The first-order valence-electron chi connectivity index (χ1n) is 7.08. The Morgan fingerprint density at radius 3 is 2.42 bits per heavy atom.